The number of carbonyl (C=O) groups excluding carboxylic acids is 2. The summed E-state index contributed by atoms with van der Waals surface area (Å²) < 4.78 is 15.5. The summed E-state index contributed by atoms with van der Waals surface area (Å²) in [7, 11) is 0. The molecule has 2 heterocycles. The molecular weight excluding hydrogens is 473 g/mol. The van der Waals surface area contributed by atoms with Gasteiger partial charge in [0.05, 0.1) is 11.4 Å². The van der Waals surface area contributed by atoms with Crippen molar-refractivity contribution >= 4 is 23.2 Å². The van der Waals surface area contributed by atoms with Gasteiger partial charge in [-0.3, -0.25) is 9.59 Å². The molecule has 1 atom stereocenters. The van der Waals surface area contributed by atoms with Crippen LogP contribution in [0.1, 0.15) is 73.3 Å². The molecular formula is C29H36FN3O2S. The van der Waals surface area contributed by atoms with Gasteiger partial charge < -0.3 is 14.4 Å². The summed E-state index contributed by atoms with van der Waals surface area (Å²) in [5.74, 6) is -0.318. The number of carbonyl (C=O) groups is 2. The lowest BCUT2D eigenvalue weighted by atomic mass is 9.94. The summed E-state index contributed by atoms with van der Waals surface area (Å²) in [5, 5.41) is 1.90. The van der Waals surface area contributed by atoms with Gasteiger partial charge >= 0.3 is 0 Å². The SMILES string of the molecule is CCC(C)N(CC(=O)N(Cc1cccn1Cc1ccc(F)cc1)C1CCCCC1)C(=O)c1cccs1. The third-order valence-electron chi connectivity index (χ3n) is 7.28. The van der Waals surface area contributed by atoms with E-state index in [2.05, 4.69) is 10.6 Å². The predicted octanol–water partition coefficient (Wildman–Crippen LogP) is 6.34. The highest BCUT2D eigenvalue weighted by molar-refractivity contribution is 7.12. The van der Waals surface area contributed by atoms with Crippen LogP contribution in [0.15, 0.2) is 60.1 Å². The Hall–Kier alpha value is -2.93. The second-order valence-electron chi connectivity index (χ2n) is 9.73. The minimum atomic E-state index is -0.247. The van der Waals surface area contributed by atoms with Crippen LogP contribution in [0.2, 0.25) is 0 Å². The normalized spacial score (nSPS) is 15.0. The standard InChI is InChI=1S/C29H36FN3O2S/c1-3-22(2)32(29(35)27-12-8-18-36-27)21-28(34)33(25-9-5-4-6-10-25)20-26-11-7-17-31(26)19-23-13-15-24(30)16-14-23/h7-8,11-18,22,25H,3-6,9-10,19-21H2,1-2H3. The molecule has 2 aromatic heterocycles. The van der Waals surface area contributed by atoms with Crippen molar-refractivity contribution < 1.29 is 14.0 Å². The lowest BCUT2D eigenvalue weighted by molar-refractivity contribution is -0.136. The third-order valence-corrected chi connectivity index (χ3v) is 8.14. The fourth-order valence-corrected chi connectivity index (χ4v) is 5.63. The van der Waals surface area contributed by atoms with Crippen molar-refractivity contribution in [3.8, 4) is 0 Å². The Morgan fingerprint density at radius 1 is 1.08 bits per heavy atom. The first-order valence-electron chi connectivity index (χ1n) is 13.0. The van der Waals surface area contributed by atoms with Gasteiger partial charge in [-0.1, -0.05) is 44.4 Å². The maximum absolute atomic E-state index is 13.9. The molecule has 3 aromatic rings. The van der Waals surface area contributed by atoms with Crippen molar-refractivity contribution in [3.05, 3.63) is 82.1 Å². The minimum Gasteiger partial charge on any atom is -0.345 e. The smallest absolute Gasteiger partial charge is 0.264 e. The molecule has 1 aliphatic carbocycles. The molecule has 1 unspecified atom stereocenters. The Balaban J connectivity index is 1.55. The van der Waals surface area contributed by atoms with Gasteiger partial charge in [-0.15, -0.1) is 11.3 Å². The molecule has 7 heteroatoms. The number of aromatic nitrogens is 1. The van der Waals surface area contributed by atoms with Crippen LogP contribution in [-0.4, -0.2) is 44.8 Å². The summed E-state index contributed by atoms with van der Waals surface area (Å²) in [5.41, 5.74) is 2.05. The van der Waals surface area contributed by atoms with Gasteiger partial charge in [0.25, 0.3) is 5.91 Å². The summed E-state index contributed by atoms with van der Waals surface area (Å²) >= 11 is 1.42. The van der Waals surface area contributed by atoms with E-state index < -0.39 is 0 Å². The van der Waals surface area contributed by atoms with E-state index in [0.717, 1.165) is 43.4 Å². The number of halogens is 1. The van der Waals surface area contributed by atoms with Gasteiger partial charge in [0.2, 0.25) is 5.91 Å². The van der Waals surface area contributed by atoms with E-state index >= 15 is 0 Å². The van der Waals surface area contributed by atoms with Crippen molar-refractivity contribution in [2.24, 2.45) is 0 Å². The summed E-state index contributed by atoms with van der Waals surface area (Å²) in [6.07, 6.45) is 8.22. The van der Waals surface area contributed by atoms with Gasteiger partial charge in [0.1, 0.15) is 12.4 Å². The van der Waals surface area contributed by atoms with Gasteiger partial charge in [-0.05, 0) is 67.5 Å². The van der Waals surface area contributed by atoms with Crippen molar-refractivity contribution in [1.29, 1.82) is 0 Å². The highest BCUT2D eigenvalue weighted by Gasteiger charge is 2.30. The maximum atomic E-state index is 13.9. The molecule has 5 nitrogen and oxygen atoms in total. The van der Waals surface area contributed by atoms with Crippen LogP contribution in [0.5, 0.6) is 0 Å². The molecule has 0 spiro atoms. The second kappa shape index (κ2) is 12.3. The van der Waals surface area contributed by atoms with E-state index in [4.69, 9.17) is 0 Å². The summed E-state index contributed by atoms with van der Waals surface area (Å²) in [6.45, 7) is 5.26. The first-order valence-corrected chi connectivity index (χ1v) is 13.9. The van der Waals surface area contributed by atoms with Crippen LogP contribution in [0.4, 0.5) is 4.39 Å². The Kier molecular flexibility index (Phi) is 8.97. The van der Waals surface area contributed by atoms with Gasteiger partial charge in [0.15, 0.2) is 0 Å². The van der Waals surface area contributed by atoms with E-state index in [0.29, 0.717) is 18.0 Å². The minimum absolute atomic E-state index is 0.00152. The number of rotatable bonds is 10. The van der Waals surface area contributed by atoms with E-state index in [1.165, 1.54) is 29.9 Å². The zero-order valence-electron chi connectivity index (χ0n) is 21.2. The largest absolute Gasteiger partial charge is 0.345 e. The average molecular weight is 510 g/mol. The highest BCUT2D eigenvalue weighted by Crippen LogP contribution is 2.26. The van der Waals surface area contributed by atoms with E-state index in [1.54, 1.807) is 17.0 Å². The molecule has 1 saturated carbocycles. The van der Waals surface area contributed by atoms with E-state index in [1.807, 2.05) is 48.5 Å². The quantitative estimate of drug-likeness (QED) is 0.320. The molecule has 0 aliphatic heterocycles. The number of benzene rings is 1. The fourth-order valence-electron chi connectivity index (χ4n) is 4.95. The van der Waals surface area contributed by atoms with E-state index in [-0.39, 0.29) is 36.3 Å². The lowest BCUT2D eigenvalue weighted by Gasteiger charge is -2.37. The zero-order chi connectivity index (χ0) is 25.5. The Morgan fingerprint density at radius 3 is 2.50 bits per heavy atom. The van der Waals surface area contributed by atoms with Crippen LogP contribution >= 0.6 is 11.3 Å². The summed E-state index contributed by atoms with van der Waals surface area (Å²) in [4.78, 5) is 31.6. The maximum Gasteiger partial charge on any atom is 0.264 e. The highest BCUT2D eigenvalue weighted by atomic mass is 32.1. The molecule has 0 N–H and O–H groups in total. The Morgan fingerprint density at radius 2 is 1.83 bits per heavy atom. The number of hydrogen-bond donors (Lipinski definition) is 0. The molecule has 0 bridgehead atoms. The van der Waals surface area contributed by atoms with Crippen molar-refractivity contribution in [2.45, 2.75) is 77.5 Å². The number of nitrogens with zero attached hydrogens (tertiary/aromatic N) is 3. The lowest BCUT2D eigenvalue weighted by Crippen LogP contribution is -2.49. The van der Waals surface area contributed by atoms with Crippen LogP contribution < -0.4 is 0 Å². The molecule has 36 heavy (non-hydrogen) atoms. The number of hydrogen-bond acceptors (Lipinski definition) is 3. The number of thiophene rings is 1. The van der Waals surface area contributed by atoms with Gasteiger partial charge in [-0.25, -0.2) is 4.39 Å². The second-order valence-corrected chi connectivity index (χ2v) is 10.7. The number of amides is 2. The fraction of sp³-hybridized carbons (Fsp3) is 0.448. The van der Waals surface area contributed by atoms with Crippen molar-refractivity contribution in [2.75, 3.05) is 6.54 Å². The third kappa shape index (κ3) is 6.44. The zero-order valence-corrected chi connectivity index (χ0v) is 22.1. The Labute approximate surface area is 217 Å². The topological polar surface area (TPSA) is 45.6 Å². The first kappa shape index (κ1) is 26.1. The molecule has 2 amide bonds. The van der Waals surface area contributed by atoms with Crippen LogP contribution in [0.3, 0.4) is 0 Å². The van der Waals surface area contributed by atoms with Crippen LogP contribution in [0, 0.1) is 5.82 Å². The molecule has 1 aliphatic rings. The molecule has 0 radical (unpaired) electrons. The van der Waals surface area contributed by atoms with Crippen LogP contribution in [0.25, 0.3) is 0 Å². The monoisotopic (exact) mass is 509 g/mol. The molecule has 4 rings (SSSR count). The first-order chi connectivity index (χ1) is 17.5. The van der Waals surface area contributed by atoms with Gasteiger partial charge in [-0.2, -0.15) is 0 Å². The molecule has 192 valence electrons. The molecule has 1 aromatic carbocycles. The average Bonchev–Trinajstić information content (AvgIpc) is 3.59. The molecule has 1 fully saturated rings. The van der Waals surface area contributed by atoms with Crippen molar-refractivity contribution in [3.63, 3.8) is 0 Å². The Bertz CT molecular complexity index is 1120. The summed E-state index contributed by atoms with van der Waals surface area (Å²) in [6, 6.07) is 14.4. The van der Waals surface area contributed by atoms with Crippen molar-refractivity contribution in [1.82, 2.24) is 14.4 Å². The predicted molar refractivity (Wildman–Crippen MR) is 142 cm³/mol. The van der Waals surface area contributed by atoms with E-state index in [9.17, 15) is 14.0 Å². The van der Waals surface area contributed by atoms with Crippen LogP contribution in [-0.2, 0) is 17.9 Å². The van der Waals surface area contributed by atoms with Gasteiger partial charge in [0, 0.05) is 30.5 Å². The molecule has 0 saturated heterocycles.